The Bertz CT molecular complexity index is 440. The van der Waals surface area contributed by atoms with Gasteiger partial charge in [-0.05, 0) is 6.42 Å². The normalized spacial score (nSPS) is 10.8. The minimum atomic E-state index is 0.574. The summed E-state index contributed by atoms with van der Waals surface area (Å²) >= 11 is 0. The first-order chi connectivity index (χ1) is 7.90. The number of nitrogens with zero attached hydrogens (tertiary/aromatic N) is 3. The molecule has 2 heterocycles. The van der Waals surface area contributed by atoms with Crippen molar-refractivity contribution < 1.29 is 4.74 Å². The molecule has 0 spiro atoms. The van der Waals surface area contributed by atoms with Gasteiger partial charge in [0.1, 0.15) is 5.52 Å². The molecule has 5 nitrogen and oxygen atoms in total. The molecule has 0 fully saturated rings. The van der Waals surface area contributed by atoms with E-state index < -0.39 is 0 Å². The third-order valence-corrected chi connectivity index (χ3v) is 2.38. The summed E-state index contributed by atoms with van der Waals surface area (Å²) < 4.78 is 5.51. The Labute approximate surface area is 94.3 Å². The zero-order valence-corrected chi connectivity index (χ0v) is 9.44. The highest BCUT2D eigenvalue weighted by Crippen LogP contribution is 2.11. The molecular weight excluding hydrogens is 204 g/mol. The Hall–Kier alpha value is -1.65. The van der Waals surface area contributed by atoms with Crippen LogP contribution in [0.15, 0.2) is 12.4 Å². The summed E-state index contributed by atoms with van der Waals surface area (Å²) in [5, 5.41) is 6.61. The Kier molecular flexibility index (Phi) is 3.69. The standard InChI is InChI=1S/C11H16N4O/c1-2-3-4-5-6-16-10-8-12-11-9(14-10)7-13-15-11/h7-8H,2-6H2,1H3,(H,12,13,15). The number of ether oxygens (including phenoxy) is 1. The fraction of sp³-hybridized carbons (Fsp3) is 0.545. The van der Waals surface area contributed by atoms with E-state index in [1.165, 1.54) is 19.3 Å². The van der Waals surface area contributed by atoms with Crippen LogP contribution in [-0.4, -0.2) is 26.8 Å². The van der Waals surface area contributed by atoms with Crippen LogP contribution in [0.4, 0.5) is 0 Å². The van der Waals surface area contributed by atoms with Crippen molar-refractivity contribution in [3.05, 3.63) is 12.4 Å². The van der Waals surface area contributed by atoms with E-state index in [0.29, 0.717) is 18.1 Å². The van der Waals surface area contributed by atoms with E-state index in [1.807, 2.05) is 0 Å². The average Bonchev–Trinajstić information content (AvgIpc) is 2.76. The third-order valence-electron chi connectivity index (χ3n) is 2.38. The van der Waals surface area contributed by atoms with Crippen LogP contribution in [0.2, 0.25) is 0 Å². The van der Waals surface area contributed by atoms with Crippen LogP contribution in [0.3, 0.4) is 0 Å². The van der Waals surface area contributed by atoms with Crippen molar-refractivity contribution >= 4 is 11.2 Å². The molecule has 0 saturated carbocycles. The van der Waals surface area contributed by atoms with E-state index in [-0.39, 0.29) is 0 Å². The van der Waals surface area contributed by atoms with Crippen LogP contribution in [0.5, 0.6) is 5.88 Å². The molecule has 0 unspecified atom stereocenters. The number of unbranched alkanes of at least 4 members (excludes halogenated alkanes) is 3. The van der Waals surface area contributed by atoms with E-state index in [4.69, 9.17) is 4.74 Å². The second-order valence-corrected chi connectivity index (χ2v) is 3.72. The van der Waals surface area contributed by atoms with Gasteiger partial charge in [0.2, 0.25) is 5.88 Å². The third kappa shape index (κ3) is 2.68. The first-order valence-electron chi connectivity index (χ1n) is 5.69. The zero-order chi connectivity index (χ0) is 11.2. The molecule has 0 bridgehead atoms. The van der Waals surface area contributed by atoms with Crippen molar-refractivity contribution in [2.45, 2.75) is 32.6 Å². The van der Waals surface area contributed by atoms with Crippen molar-refractivity contribution in [2.24, 2.45) is 0 Å². The average molecular weight is 220 g/mol. The number of hydrogen-bond donors (Lipinski definition) is 1. The molecule has 1 N–H and O–H groups in total. The smallest absolute Gasteiger partial charge is 0.233 e. The minimum Gasteiger partial charge on any atom is -0.477 e. The molecular formula is C11H16N4O. The first-order valence-corrected chi connectivity index (χ1v) is 5.69. The van der Waals surface area contributed by atoms with E-state index in [0.717, 1.165) is 11.9 Å². The number of rotatable bonds is 6. The predicted octanol–water partition coefficient (Wildman–Crippen LogP) is 2.31. The molecule has 2 aromatic heterocycles. The van der Waals surface area contributed by atoms with Gasteiger partial charge in [0.25, 0.3) is 0 Å². The molecule has 2 aromatic rings. The monoisotopic (exact) mass is 220 g/mol. The van der Waals surface area contributed by atoms with Gasteiger partial charge in [0.15, 0.2) is 5.65 Å². The summed E-state index contributed by atoms with van der Waals surface area (Å²) in [6.45, 7) is 2.90. The van der Waals surface area contributed by atoms with Crippen LogP contribution in [0.25, 0.3) is 11.2 Å². The molecule has 0 atom stereocenters. The zero-order valence-electron chi connectivity index (χ0n) is 9.44. The maximum atomic E-state index is 5.51. The van der Waals surface area contributed by atoms with Crippen molar-refractivity contribution in [3.63, 3.8) is 0 Å². The molecule has 0 amide bonds. The van der Waals surface area contributed by atoms with Gasteiger partial charge in [-0.25, -0.2) is 9.97 Å². The topological polar surface area (TPSA) is 63.7 Å². The van der Waals surface area contributed by atoms with Crippen LogP contribution in [0.1, 0.15) is 32.6 Å². The van der Waals surface area contributed by atoms with E-state index >= 15 is 0 Å². The van der Waals surface area contributed by atoms with E-state index in [9.17, 15) is 0 Å². The predicted molar refractivity (Wildman–Crippen MR) is 61.3 cm³/mol. The number of fused-ring (bicyclic) bond motifs is 1. The minimum absolute atomic E-state index is 0.574. The highest BCUT2D eigenvalue weighted by atomic mass is 16.5. The summed E-state index contributed by atoms with van der Waals surface area (Å²) in [4.78, 5) is 8.43. The molecule has 0 radical (unpaired) electrons. The largest absolute Gasteiger partial charge is 0.477 e. The molecule has 0 saturated heterocycles. The van der Waals surface area contributed by atoms with Gasteiger partial charge in [-0.2, -0.15) is 5.10 Å². The Morgan fingerprint density at radius 1 is 1.25 bits per heavy atom. The van der Waals surface area contributed by atoms with E-state index in [1.54, 1.807) is 12.4 Å². The Morgan fingerprint density at radius 3 is 3.06 bits per heavy atom. The number of nitrogens with one attached hydrogen (secondary N) is 1. The van der Waals surface area contributed by atoms with Gasteiger partial charge in [-0.3, -0.25) is 5.10 Å². The SMILES string of the molecule is CCCCCCOc1cnc2[nH]ncc2n1. The first kappa shape index (κ1) is 10.9. The maximum Gasteiger partial charge on any atom is 0.233 e. The quantitative estimate of drug-likeness (QED) is 0.759. The molecule has 0 aromatic carbocycles. The molecule has 86 valence electrons. The number of aromatic nitrogens is 4. The summed E-state index contributed by atoms with van der Waals surface area (Å²) in [6, 6.07) is 0. The van der Waals surface area contributed by atoms with Crippen LogP contribution in [-0.2, 0) is 0 Å². The molecule has 16 heavy (non-hydrogen) atoms. The van der Waals surface area contributed by atoms with Crippen molar-refractivity contribution in [1.82, 2.24) is 20.2 Å². The number of H-pyrrole nitrogens is 1. The van der Waals surface area contributed by atoms with Gasteiger partial charge in [0, 0.05) is 0 Å². The summed E-state index contributed by atoms with van der Waals surface area (Å²) in [5.41, 5.74) is 1.43. The molecule has 0 aliphatic rings. The van der Waals surface area contributed by atoms with Crippen LogP contribution >= 0.6 is 0 Å². The van der Waals surface area contributed by atoms with Gasteiger partial charge in [-0.1, -0.05) is 26.2 Å². The lowest BCUT2D eigenvalue weighted by atomic mass is 10.2. The van der Waals surface area contributed by atoms with Gasteiger partial charge < -0.3 is 4.74 Å². The second kappa shape index (κ2) is 5.44. The molecule has 5 heteroatoms. The summed E-state index contributed by atoms with van der Waals surface area (Å²) in [5.74, 6) is 0.574. The Balaban J connectivity index is 1.84. The second-order valence-electron chi connectivity index (χ2n) is 3.72. The highest BCUT2D eigenvalue weighted by Gasteiger charge is 2.01. The molecule has 0 aliphatic carbocycles. The van der Waals surface area contributed by atoms with Gasteiger partial charge >= 0.3 is 0 Å². The highest BCUT2D eigenvalue weighted by molar-refractivity contribution is 5.68. The number of hydrogen-bond acceptors (Lipinski definition) is 4. The molecule has 0 aliphatic heterocycles. The van der Waals surface area contributed by atoms with Crippen molar-refractivity contribution in [2.75, 3.05) is 6.61 Å². The fourth-order valence-electron chi connectivity index (χ4n) is 1.49. The van der Waals surface area contributed by atoms with E-state index in [2.05, 4.69) is 27.1 Å². The fourth-order valence-corrected chi connectivity index (χ4v) is 1.49. The Morgan fingerprint density at radius 2 is 2.19 bits per heavy atom. The maximum absolute atomic E-state index is 5.51. The molecule has 2 rings (SSSR count). The number of aromatic amines is 1. The summed E-state index contributed by atoms with van der Waals surface area (Å²) in [6.07, 6.45) is 8.04. The lowest BCUT2D eigenvalue weighted by molar-refractivity contribution is 0.294. The van der Waals surface area contributed by atoms with Crippen LogP contribution in [0, 0.1) is 0 Å². The van der Waals surface area contributed by atoms with Crippen molar-refractivity contribution in [3.8, 4) is 5.88 Å². The van der Waals surface area contributed by atoms with Crippen LogP contribution < -0.4 is 4.74 Å². The van der Waals surface area contributed by atoms with Gasteiger partial charge in [0.05, 0.1) is 19.0 Å². The van der Waals surface area contributed by atoms with Gasteiger partial charge in [-0.15, -0.1) is 0 Å². The lowest BCUT2D eigenvalue weighted by Gasteiger charge is -2.03. The van der Waals surface area contributed by atoms with Crippen molar-refractivity contribution in [1.29, 1.82) is 0 Å². The lowest BCUT2D eigenvalue weighted by Crippen LogP contribution is -1.99. The summed E-state index contributed by atoms with van der Waals surface area (Å²) in [7, 11) is 0.